The van der Waals surface area contributed by atoms with Crippen molar-refractivity contribution >= 4 is 29.1 Å². The zero-order valence-electron chi connectivity index (χ0n) is 10.6. The Morgan fingerprint density at radius 3 is 2.56 bits per heavy atom. The summed E-state index contributed by atoms with van der Waals surface area (Å²) in [5.41, 5.74) is -0.869. The average molecular weight is 291 g/mol. The second kappa shape index (κ2) is 5.87. The van der Waals surface area contributed by atoms with E-state index in [-0.39, 0.29) is 28.3 Å². The fourth-order valence-corrected chi connectivity index (χ4v) is 1.85. The van der Waals surface area contributed by atoms with Crippen LogP contribution in [0.1, 0.15) is 31.3 Å². The third kappa shape index (κ3) is 4.12. The SMILES string of the molecule is CCN(CC(C)(C)O)C(=O)c1nc(Cl)ccc1Cl. The van der Waals surface area contributed by atoms with Gasteiger partial charge >= 0.3 is 0 Å². The fraction of sp³-hybridized carbons (Fsp3) is 0.500. The van der Waals surface area contributed by atoms with Gasteiger partial charge in [-0.05, 0) is 32.9 Å². The summed E-state index contributed by atoms with van der Waals surface area (Å²) >= 11 is 11.7. The summed E-state index contributed by atoms with van der Waals surface area (Å²) in [4.78, 5) is 17.6. The van der Waals surface area contributed by atoms with Crippen LogP contribution in [0.3, 0.4) is 0 Å². The van der Waals surface area contributed by atoms with Crippen LogP contribution < -0.4 is 0 Å². The third-order valence-electron chi connectivity index (χ3n) is 2.26. The average Bonchev–Trinajstić information content (AvgIpc) is 2.27. The van der Waals surface area contributed by atoms with Gasteiger partial charge in [0.05, 0.1) is 10.6 Å². The normalized spacial score (nSPS) is 11.4. The molecule has 0 aliphatic rings. The molecule has 0 unspecified atom stereocenters. The van der Waals surface area contributed by atoms with E-state index in [0.29, 0.717) is 6.54 Å². The molecular weight excluding hydrogens is 275 g/mol. The maximum absolute atomic E-state index is 12.2. The van der Waals surface area contributed by atoms with Crippen molar-refractivity contribution in [2.45, 2.75) is 26.4 Å². The van der Waals surface area contributed by atoms with Crippen molar-refractivity contribution in [3.63, 3.8) is 0 Å². The molecule has 1 aromatic heterocycles. The number of carbonyl (C=O) groups excluding carboxylic acids is 1. The second-order valence-corrected chi connectivity index (χ2v) is 5.39. The summed E-state index contributed by atoms with van der Waals surface area (Å²) in [5, 5.41) is 10.2. The van der Waals surface area contributed by atoms with Crippen molar-refractivity contribution in [2.24, 2.45) is 0 Å². The summed E-state index contributed by atoms with van der Waals surface area (Å²) in [6, 6.07) is 3.05. The Morgan fingerprint density at radius 2 is 2.06 bits per heavy atom. The van der Waals surface area contributed by atoms with E-state index >= 15 is 0 Å². The molecule has 0 bridgehead atoms. The van der Waals surface area contributed by atoms with Crippen molar-refractivity contribution in [1.29, 1.82) is 0 Å². The number of halogens is 2. The van der Waals surface area contributed by atoms with Gasteiger partial charge in [0.15, 0.2) is 0 Å². The van der Waals surface area contributed by atoms with Gasteiger partial charge in [0.25, 0.3) is 5.91 Å². The number of aromatic nitrogens is 1. The molecule has 0 spiro atoms. The van der Waals surface area contributed by atoms with Crippen LogP contribution in [-0.4, -0.2) is 39.6 Å². The molecule has 1 aromatic rings. The van der Waals surface area contributed by atoms with Crippen LogP contribution in [-0.2, 0) is 0 Å². The quantitative estimate of drug-likeness (QED) is 0.868. The van der Waals surface area contributed by atoms with Crippen molar-refractivity contribution in [3.8, 4) is 0 Å². The largest absolute Gasteiger partial charge is 0.389 e. The summed E-state index contributed by atoms with van der Waals surface area (Å²) in [6.07, 6.45) is 0. The summed E-state index contributed by atoms with van der Waals surface area (Å²) in [6.45, 7) is 5.74. The molecule has 0 radical (unpaired) electrons. The number of aliphatic hydroxyl groups is 1. The molecular formula is C12H16Cl2N2O2. The fourth-order valence-electron chi connectivity index (χ4n) is 1.51. The number of pyridine rings is 1. The van der Waals surface area contributed by atoms with Crippen molar-refractivity contribution in [1.82, 2.24) is 9.88 Å². The highest BCUT2D eigenvalue weighted by Crippen LogP contribution is 2.19. The van der Waals surface area contributed by atoms with Crippen molar-refractivity contribution in [2.75, 3.05) is 13.1 Å². The lowest BCUT2D eigenvalue weighted by atomic mass is 10.1. The minimum absolute atomic E-state index is 0.107. The molecule has 0 saturated carbocycles. The van der Waals surface area contributed by atoms with E-state index in [0.717, 1.165) is 0 Å². The van der Waals surface area contributed by atoms with E-state index in [9.17, 15) is 9.90 Å². The molecule has 0 aliphatic carbocycles. The first-order valence-electron chi connectivity index (χ1n) is 5.58. The Bertz CT molecular complexity index is 444. The predicted octanol–water partition coefficient (Wildman–Crippen LogP) is 2.62. The van der Waals surface area contributed by atoms with Gasteiger partial charge in [-0.15, -0.1) is 0 Å². The Morgan fingerprint density at radius 1 is 1.44 bits per heavy atom. The molecule has 100 valence electrons. The van der Waals surface area contributed by atoms with Crippen LogP contribution in [0.15, 0.2) is 12.1 Å². The predicted molar refractivity (Wildman–Crippen MR) is 72.1 cm³/mol. The smallest absolute Gasteiger partial charge is 0.274 e. The Labute approximate surface area is 117 Å². The van der Waals surface area contributed by atoms with Crippen molar-refractivity contribution < 1.29 is 9.90 Å². The highest BCUT2D eigenvalue weighted by Gasteiger charge is 2.24. The number of hydrogen-bond donors (Lipinski definition) is 1. The zero-order valence-corrected chi connectivity index (χ0v) is 12.1. The van der Waals surface area contributed by atoms with Gasteiger partial charge < -0.3 is 10.0 Å². The number of likely N-dealkylation sites (N-methyl/N-ethyl adjacent to an activating group) is 1. The third-order valence-corrected chi connectivity index (χ3v) is 2.78. The second-order valence-electron chi connectivity index (χ2n) is 4.60. The van der Waals surface area contributed by atoms with Crippen LogP contribution in [0.5, 0.6) is 0 Å². The van der Waals surface area contributed by atoms with E-state index in [2.05, 4.69) is 4.98 Å². The van der Waals surface area contributed by atoms with Crippen LogP contribution >= 0.6 is 23.2 Å². The highest BCUT2D eigenvalue weighted by molar-refractivity contribution is 6.34. The molecule has 0 saturated heterocycles. The zero-order chi connectivity index (χ0) is 13.9. The molecule has 1 rings (SSSR count). The lowest BCUT2D eigenvalue weighted by molar-refractivity contribution is 0.0311. The topological polar surface area (TPSA) is 53.4 Å². The van der Waals surface area contributed by atoms with Gasteiger partial charge in [-0.2, -0.15) is 0 Å². The number of hydrogen-bond acceptors (Lipinski definition) is 3. The Kier molecular flexibility index (Phi) is 4.96. The maximum atomic E-state index is 12.2. The van der Waals surface area contributed by atoms with Crippen LogP contribution in [0.25, 0.3) is 0 Å². The molecule has 1 amide bonds. The lowest BCUT2D eigenvalue weighted by Crippen LogP contribution is -2.42. The van der Waals surface area contributed by atoms with E-state index in [1.807, 2.05) is 6.92 Å². The van der Waals surface area contributed by atoms with Gasteiger partial charge in [0.1, 0.15) is 10.8 Å². The molecule has 4 nitrogen and oxygen atoms in total. The van der Waals surface area contributed by atoms with E-state index in [1.54, 1.807) is 13.8 Å². The van der Waals surface area contributed by atoms with Crippen LogP contribution in [0.4, 0.5) is 0 Å². The highest BCUT2D eigenvalue weighted by atomic mass is 35.5. The Hall–Kier alpha value is -0.840. The van der Waals surface area contributed by atoms with Crippen LogP contribution in [0.2, 0.25) is 10.2 Å². The summed E-state index contributed by atoms with van der Waals surface area (Å²) < 4.78 is 0. The first-order valence-corrected chi connectivity index (χ1v) is 6.34. The lowest BCUT2D eigenvalue weighted by Gasteiger charge is -2.28. The Balaban J connectivity index is 3.00. The van der Waals surface area contributed by atoms with Gasteiger partial charge in [-0.1, -0.05) is 23.2 Å². The monoisotopic (exact) mass is 290 g/mol. The molecule has 0 fully saturated rings. The minimum atomic E-state index is -0.975. The van der Waals surface area contributed by atoms with E-state index in [1.165, 1.54) is 17.0 Å². The molecule has 1 N–H and O–H groups in total. The number of amides is 1. The van der Waals surface area contributed by atoms with Gasteiger partial charge in [-0.3, -0.25) is 4.79 Å². The van der Waals surface area contributed by atoms with E-state index < -0.39 is 5.60 Å². The van der Waals surface area contributed by atoms with Gasteiger partial charge in [0, 0.05) is 13.1 Å². The minimum Gasteiger partial charge on any atom is -0.389 e. The number of nitrogens with zero attached hydrogens (tertiary/aromatic N) is 2. The maximum Gasteiger partial charge on any atom is 0.274 e. The summed E-state index contributed by atoms with van der Waals surface area (Å²) in [7, 11) is 0. The van der Waals surface area contributed by atoms with Gasteiger partial charge in [0.2, 0.25) is 0 Å². The van der Waals surface area contributed by atoms with E-state index in [4.69, 9.17) is 23.2 Å². The number of rotatable bonds is 4. The van der Waals surface area contributed by atoms with Crippen molar-refractivity contribution in [3.05, 3.63) is 28.0 Å². The summed E-state index contributed by atoms with van der Waals surface area (Å²) in [5.74, 6) is -0.341. The van der Waals surface area contributed by atoms with Gasteiger partial charge in [-0.25, -0.2) is 4.98 Å². The van der Waals surface area contributed by atoms with Crippen LogP contribution in [0, 0.1) is 0 Å². The number of carbonyl (C=O) groups is 1. The first-order chi connectivity index (χ1) is 8.24. The molecule has 0 aliphatic heterocycles. The molecule has 0 aromatic carbocycles. The molecule has 6 heteroatoms. The molecule has 1 heterocycles. The molecule has 0 atom stereocenters. The standard InChI is InChI=1S/C12H16Cl2N2O2/c1-4-16(7-12(2,3)18)11(17)10-8(13)5-6-9(14)15-10/h5-6,18H,4,7H2,1-3H3. The first kappa shape index (κ1) is 15.2. The molecule has 18 heavy (non-hydrogen) atoms.